The minimum atomic E-state index is -0.110. The Morgan fingerprint density at radius 1 is 0.538 bits per heavy atom. The Hall–Kier alpha value is -0.240. The molecular formula is C20H42O6. The Kier molecular flexibility index (Phi) is 18.0. The largest absolute Gasteiger partial charge is 0.379 e. The highest BCUT2D eigenvalue weighted by atomic mass is 16.6. The fourth-order valence-corrected chi connectivity index (χ4v) is 1.98. The maximum atomic E-state index is 5.56. The lowest BCUT2D eigenvalue weighted by molar-refractivity contribution is -0.0464. The fraction of sp³-hybridized carbons (Fsp3) is 1.00. The third-order valence-corrected chi connectivity index (χ3v) is 3.32. The van der Waals surface area contributed by atoms with E-state index >= 15 is 0 Å². The molecule has 0 bridgehead atoms. The lowest BCUT2D eigenvalue weighted by atomic mass is 10.1. The van der Waals surface area contributed by atoms with Crippen molar-refractivity contribution >= 4 is 0 Å². The van der Waals surface area contributed by atoms with E-state index in [0.29, 0.717) is 66.1 Å². The predicted molar refractivity (Wildman–Crippen MR) is 104 cm³/mol. The molecule has 26 heavy (non-hydrogen) atoms. The molecule has 0 fully saturated rings. The summed E-state index contributed by atoms with van der Waals surface area (Å²) >= 11 is 0. The fourth-order valence-electron chi connectivity index (χ4n) is 1.98. The normalized spacial score (nSPS) is 12.2. The van der Waals surface area contributed by atoms with Crippen molar-refractivity contribution in [3.05, 3.63) is 0 Å². The molecule has 0 N–H and O–H groups in total. The van der Waals surface area contributed by atoms with E-state index in [2.05, 4.69) is 13.8 Å². The van der Waals surface area contributed by atoms with E-state index in [1.807, 2.05) is 20.8 Å². The quantitative estimate of drug-likeness (QED) is 0.321. The van der Waals surface area contributed by atoms with Crippen molar-refractivity contribution in [2.24, 2.45) is 5.92 Å². The molecule has 0 saturated heterocycles. The molecule has 0 saturated carbocycles. The molecule has 6 heteroatoms. The van der Waals surface area contributed by atoms with Gasteiger partial charge in [0.25, 0.3) is 0 Å². The van der Waals surface area contributed by atoms with E-state index < -0.39 is 0 Å². The Bertz CT molecular complexity index is 278. The maximum absolute atomic E-state index is 5.56. The highest BCUT2D eigenvalue weighted by Gasteiger charge is 2.08. The van der Waals surface area contributed by atoms with Crippen LogP contribution in [0, 0.1) is 5.92 Å². The number of hydrogen-bond acceptors (Lipinski definition) is 6. The average Bonchev–Trinajstić information content (AvgIpc) is 2.55. The van der Waals surface area contributed by atoms with E-state index in [1.54, 1.807) is 0 Å². The molecule has 0 aliphatic heterocycles. The molecule has 0 rings (SSSR count). The smallest absolute Gasteiger partial charge is 0.0707 e. The topological polar surface area (TPSA) is 55.4 Å². The summed E-state index contributed by atoms with van der Waals surface area (Å²) in [5.41, 5.74) is -0.110. The van der Waals surface area contributed by atoms with Gasteiger partial charge in [-0.3, -0.25) is 0 Å². The molecule has 158 valence electrons. The van der Waals surface area contributed by atoms with Crippen LogP contribution in [0.25, 0.3) is 0 Å². The molecule has 0 atom stereocenters. The lowest BCUT2D eigenvalue weighted by Gasteiger charge is -2.19. The Morgan fingerprint density at radius 2 is 0.885 bits per heavy atom. The van der Waals surface area contributed by atoms with E-state index in [9.17, 15) is 0 Å². The van der Waals surface area contributed by atoms with Gasteiger partial charge in [0.1, 0.15) is 0 Å². The molecule has 0 aliphatic rings. The van der Waals surface area contributed by atoms with Crippen molar-refractivity contribution in [3.63, 3.8) is 0 Å². The molecule has 0 unspecified atom stereocenters. The second-order valence-corrected chi connectivity index (χ2v) is 7.56. The first-order chi connectivity index (χ1) is 12.4. The average molecular weight is 379 g/mol. The van der Waals surface area contributed by atoms with Crippen LogP contribution in [-0.4, -0.2) is 78.3 Å². The van der Waals surface area contributed by atoms with Crippen LogP contribution < -0.4 is 0 Å². The van der Waals surface area contributed by atoms with Gasteiger partial charge in [0.2, 0.25) is 0 Å². The zero-order chi connectivity index (χ0) is 19.5. The van der Waals surface area contributed by atoms with Crippen molar-refractivity contribution in [2.45, 2.75) is 53.1 Å². The first-order valence-corrected chi connectivity index (χ1v) is 9.94. The third-order valence-electron chi connectivity index (χ3n) is 3.32. The van der Waals surface area contributed by atoms with Gasteiger partial charge in [0, 0.05) is 6.61 Å². The highest BCUT2D eigenvalue weighted by molar-refractivity contribution is 4.57. The van der Waals surface area contributed by atoms with Crippen molar-refractivity contribution in [1.29, 1.82) is 0 Å². The molecule has 0 aliphatic carbocycles. The monoisotopic (exact) mass is 378 g/mol. The van der Waals surface area contributed by atoms with Gasteiger partial charge in [0.15, 0.2) is 0 Å². The van der Waals surface area contributed by atoms with Gasteiger partial charge in [-0.1, -0.05) is 13.8 Å². The van der Waals surface area contributed by atoms with Gasteiger partial charge >= 0.3 is 0 Å². The summed E-state index contributed by atoms with van der Waals surface area (Å²) < 4.78 is 32.8. The molecule has 0 aromatic rings. The van der Waals surface area contributed by atoms with Gasteiger partial charge in [-0.2, -0.15) is 0 Å². The Balaban J connectivity index is 3.03. The zero-order valence-electron chi connectivity index (χ0n) is 17.7. The van der Waals surface area contributed by atoms with Gasteiger partial charge in [-0.05, 0) is 39.5 Å². The van der Waals surface area contributed by atoms with Gasteiger partial charge in [0.05, 0.1) is 71.7 Å². The highest BCUT2D eigenvalue weighted by Crippen LogP contribution is 2.05. The minimum Gasteiger partial charge on any atom is -0.379 e. The van der Waals surface area contributed by atoms with Gasteiger partial charge < -0.3 is 28.4 Å². The second-order valence-electron chi connectivity index (χ2n) is 7.56. The van der Waals surface area contributed by atoms with Crippen molar-refractivity contribution in [1.82, 2.24) is 0 Å². The summed E-state index contributed by atoms with van der Waals surface area (Å²) in [6, 6.07) is 0. The summed E-state index contributed by atoms with van der Waals surface area (Å²) in [5, 5.41) is 0. The number of ether oxygens (including phenoxy) is 6. The van der Waals surface area contributed by atoms with Gasteiger partial charge in [-0.25, -0.2) is 0 Å². The van der Waals surface area contributed by atoms with Crippen LogP contribution in [0.2, 0.25) is 0 Å². The van der Waals surface area contributed by atoms with Crippen molar-refractivity contribution < 1.29 is 28.4 Å². The molecule has 0 radical (unpaired) electrons. The Morgan fingerprint density at radius 3 is 1.23 bits per heavy atom. The predicted octanol–water partition coefficient (Wildman–Crippen LogP) is 3.32. The van der Waals surface area contributed by atoms with E-state index in [0.717, 1.165) is 18.9 Å². The standard InChI is InChI=1S/C20H42O6/c1-19(2)7-6-8-21-9-10-22-11-12-23-13-14-24-15-16-25-17-18-26-20(3,4)5/h19H,6-18H2,1-5H3. The van der Waals surface area contributed by atoms with Gasteiger partial charge in [-0.15, -0.1) is 0 Å². The SMILES string of the molecule is CC(C)CCCOCCOCCOCCOCCOCCOC(C)(C)C. The molecule has 0 aromatic heterocycles. The number of rotatable bonds is 19. The molecule has 0 aromatic carbocycles. The second kappa shape index (κ2) is 18.1. The lowest BCUT2D eigenvalue weighted by Crippen LogP contribution is -2.22. The van der Waals surface area contributed by atoms with E-state index in [-0.39, 0.29) is 5.60 Å². The van der Waals surface area contributed by atoms with E-state index in [4.69, 9.17) is 28.4 Å². The maximum Gasteiger partial charge on any atom is 0.0707 e. The molecule has 6 nitrogen and oxygen atoms in total. The van der Waals surface area contributed by atoms with Crippen LogP contribution in [0.1, 0.15) is 47.5 Å². The first kappa shape index (κ1) is 25.8. The summed E-state index contributed by atoms with van der Waals surface area (Å²) in [6.45, 7) is 17.3. The van der Waals surface area contributed by atoms with Crippen LogP contribution in [0.15, 0.2) is 0 Å². The molecule has 0 heterocycles. The summed E-state index contributed by atoms with van der Waals surface area (Å²) in [5.74, 6) is 0.747. The Labute approximate surface area is 160 Å². The minimum absolute atomic E-state index is 0.110. The molecular weight excluding hydrogens is 336 g/mol. The van der Waals surface area contributed by atoms with Crippen LogP contribution in [-0.2, 0) is 28.4 Å². The summed E-state index contributed by atoms with van der Waals surface area (Å²) in [7, 11) is 0. The van der Waals surface area contributed by atoms with Crippen LogP contribution in [0.3, 0.4) is 0 Å². The van der Waals surface area contributed by atoms with Crippen LogP contribution >= 0.6 is 0 Å². The van der Waals surface area contributed by atoms with E-state index in [1.165, 1.54) is 6.42 Å². The first-order valence-electron chi connectivity index (χ1n) is 9.94. The summed E-state index contributed by atoms with van der Waals surface area (Å²) in [6.07, 6.45) is 2.34. The van der Waals surface area contributed by atoms with Crippen LogP contribution in [0.5, 0.6) is 0 Å². The third kappa shape index (κ3) is 23.8. The molecule has 0 spiro atoms. The van der Waals surface area contributed by atoms with Crippen molar-refractivity contribution in [2.75, 3.05) is 72.7 Å². The zero-order valence-corrected chi connectivity index (χ0v) is 17.7. The number of hydrogen-bond donors (Lipinski definition) is 0. The molecule has 0 amide bonds. The summed E-state index contributed by atoms with van der Waals surface area (Å²) in [4.78, 5) is 0. The van der Waals surface area contributed by atoms with Crippen LogP contribution in [0.4, 0.5) is 0 Å². The van der Waals surface area contributed by atoms with Crippen molar-refractivity contribution in [3.8, 4) is 0 Å².